The Balaban J connectivity index is 1.47. The van der Waals surface area contributed by atoms with E-state index in [-0.39, 0.29) is 22.6 Å². The molecule has 5 heterocycles. The molecule has 9 nitrogen and oxygen atoms in total. The smallest absolute Gasteiger partial charge is 0.283 e. The van der Waals surface area contributed by atoms with Crippen LogP contribution in [0.1, 0.15) is 29.0 Å². The minimum Gasteiger partial charge on any atom is -0.338 e. The average Bonchev–Trinajstić information content (AvgIpc) is 3.43. The van der Waals surface area contributed by atoms with E-state index >= 15 is 0 Å². The van der Waals surface area contributed by atoms with E-state index in [9.17, 15) is 9.59 Å². The van der Waals surface area contributed by atoms with Crippen LogP contribution in [0.2, 0.25) is 0 Å². The van der Waals surface area contributed by atoms with Gasteiger partial charge in [-0.2, -0.15) is 0 Å². The van der Waals surface area contributed by atoms with Gasteiger partial charge in [0.1, 0.15) is 5.82 Å². The van der Waals surface area contributed by atoms with Gasteiger partial charge in [-0.15, -0.1) is 10.2 Å². The highest BCUT2D eigenvalue weighted by molar-refractivity contribution is 5.94. The fraction of sp³-hybridized carbons (Fsp3) is 0.368. The van der Waals surface area contributed by atoms with Crippen LogP contribution in [0.5, 0.6) is 0 Å². The number of nitrogens with zero attached hydrogens (tertiary/aromatic N) is 7. The number of hydrogen-bond donors (Lipinski definition) is 0. The Kier molecular flexibility index (Phi) is 3.65. The minimum absolute atomic E-state index is 0.0161. The second-order valence-electron chi connectivity index (χ2n) is 7.43. The second-order valence-corrected chi connectivity index (χ2v) is 7.43. The first-order valence-electron chi connectivity index (χ1n) is 9.24. The van der Waals surface area contributed by atoms with Crippen LogP contribution in [0.3, 0.4) is 0 Å². The highest BCUT2D eigenvalue weighted by atomic mass is 16.2. The maximum absolute atomic E-state index is 13.0. The van der Waals surface area contributed by atoms with Crippen molar-refractivity contribution >= 4 is 5.91 Å². The summed E-state index contributed by atoms with van der Waals surface area (Å²) in [6, 6.07) is 3.44. The first-order valence-corrected chi connectivity index (χ1v) is 9.24. The van der Waals surface area contributed by atoms with E-state index in [0.717, 1.165) is 12.8 Å². The summed E-state index contributed by atoms with van der Waals surface area (Å²) in [5.41, 5.74) is 0.402. The minimum atomic E-state index is -0.310. The van der Waals surface area contributed by atoms with E-state index in [1.54, 1.807) is 46.1 Å². The molecule has 0 unspecified atom stereocenters. The van der Waals surface area contributed by atoms with Crippen LogP contribution < -0.4 is 5.56 Å². The van der Waals surface area contributed by atoms with Gasteiger partial charge in [0.25, 0.3) is 11.5 Å². The van der Waals surface area contributed by atoms with Crippen LogP contribution in [0, 0.1) is 0 Å². The number of amides is 1. The van der Waals surface area contributed by atoms with Crippen LogP contribution in [0.15, 0.2) is 41.7 Å². The standard InChI is InChI=1S/C19H19N7O2/c1-24-11-8-21-15(24)14-17(28)26-10-5-19(18(26)23-22-14)4-9-25(12-19)16(27)13-2-6-20-7-3-13/h2-3,6-8,11H,4-5,9-10,12H2,1H3/t19-/m1/s1. The third-order valence-electron chi connectivity index (χ3n) is 5.84. The molecular formula is C19H19N7O2. The Morgan fingerprint density at radius 1 is 1.11 bits per heavy atom. The Hall–Kier alpha value is -3.36. The van der Waals surface area contributed by atoms with Crippen molar-refractivity contribution in [1.82, 2.24) is 34.2 Å². The quantitative estimate of drug-likeness (QED) is 0.649. The second kappa shape index (κ2) is 6.08. The van der Waals surface area contributed by atoms with Gasteiger partial charge in [0.05, 0.1) is 5.41 Å². The third kappa shape index (κ3) is 2.39. The summed E-state index contributed by atoms with van der Waals surface area (Å²) in [7, 11) is 1.82. The van der Waals surface area contributed by atoms with Crippen LogP contribution in [-0.4, -0.2) is 53.2 Å². The molecule has 1 atom stereocenters. The molecule has 0 aliphatic carbocycles. The number of imidazole rings is 1. The predicted octanol–water partition coefficient (Wildman–Crippen LogP) is 0.621. The SMILES string of the molecule is Cn1ccnc1-c1nnc2n(c1=O)CC[C@@]21CCN(C(=O)c2ccncc2)C1. The van der Waals surface area contributed by atoms with Gasteiger partial charge in [0, 0.05) is 57.0 Å². The summed E-state index contributed by atoms with van der Waals surface area (Å²) in [6.45, 7) is 1.76. The van der Waals surface area contributed by atoms with Crippen molar-refractivity contribution in [3.63, 3.8) is 0 Å². The number of aromatic nitrogens is 6. The maximum atomic E-state index is 13.0. The lowest BCUT2D eigenvalue weighted by Gasteiger charge is -2.23. The van der Waals surface area contributed by atoms with Gasteiger partial charge in [-0.25, -0.2) is 4.98 Å². The van der Waals surface area contributed by atoms with Crippen molar-refractivity contribution in [2.24, 2.45) is 7.05 Å². The van der Waals surface area contributed by atoms with Crippen LogP contribution in [-0.2, 0) is 19.0 Å². The van der Waals surface area contributed by atoms with Crippen molar-refractivity contribution in [3.05, 3.63) is 58.7 Å². The molecule has 2 aliphatic rings. The molecule has 2 aliphatic heterocycles. The van der Waals surface area contributed by atoms with Crippen LogP contribution in [0.4, 0.5) is 0 Å². The topological polar surface area (TPSA) is 98.8 Å². The zero-order valence-corrected chi connectivity index (χ0v) is 15.4. The normalized spacial score (nSPS) is 20.7. The number of rotatable bonds is 2. The molecule has 1 fully saturated rings. The molecule has 1 spiro atoms. The van der Waals surface area contributed by atoms with Gasteiger partial charge in [0.15, 0.2) is 11.5 Å². The van der Waals surface area contributed by atoms with E-state index < -0.39 is 0 Å². The largest absolute Gasteiger partial charge is 0.338 e. The number of carbonyl (C=O) groups is 1. The van der Waals surface area contributed by atoms with Crippen LogP contribution in [0.25, 0.3) is 11.5 Å². The van der Waals surface area contributed by atoms with Crippen molar-refractivity contribution in [1.29, 1.82) is 0 Å². The summed E-state index contributed by atoms with van der Waals surface area (Å²) in [5, 5.41) is 8.65. The molecular weight excluding hydrogens is 358 g/mol. The van der Waals surface area contributed by atoms with Crippen molar-refractivity contribution in [2.45, 2.75) is 24.8 Å². The number of carbonyl (C=O) groups excluding carboxylic acids is 1. The first kappa shape index (κ1) is 16.8. The maximum Gasteiger partial charge on any atom is 0.283 e. The molecule has 0 saturated carbocycles. The Bertz CT molecular complexity index is 1120. The highest BCUT2D eigenvalue weighted by Crippen LogP contribution is 2.41. The first-order chi connectivity index (χ1) is 13.6. The van der Waals surface area contributed by atoms with Gasteiger partial charge < -0.3 is 9.47 Å². The highest BCUT2D eigenvalue weighted by Gasteiger charge is 2.48. The molecule has 0 N–H and O–H groups in total. The lowest BCUT2D eigenvalue weighted by atomic mass is 9.85. The van der Waals surface area contributed by atoms with E-state index in [1.807, 2.05) is 11.9 Å². The molecule has 3 aromatic rings. The van der Waals surface area contributed by atoms with Gasteiger partial charge in [0.2, 0.25) is 0 Å². The zero-order chi connectivity index (χ0) is 19.3. The summed E-state index contributed by atoms with van der Waals surface area (Å²) in [4.78, 5) is 35.8. The molecule has 0 bridgehead atoms. The molecule has 0 radical (unpaired) electrons. The fourth-order valence-corrected chi connectivity index (χ4v) is 4.30. The summed E-state index contributed by atoms with van der Waals surface area (Å²) in [5.74, 6) is 1.17. The number of fused-ring (bicyclic) bond motifs is 2. The van der Waals surface area contributed by atoms with Crippen molar-refractivity contribution in [3.8, 4) is 11.5 Å². The predicted molar refractivity (Wildman–Crippen MR) is 99.5 cm³/mol. The number of likely N-dealkylation sites (tertiary alicyclic amines) is 1. The molecule has 3 aromatic heterocycles. The van der Waals surface area contributed by atoms with Crippen LogP contribution >= 0.6 is 0 Å². The molecule has 9 heteroatoms. The Labute approximate surface area is 160 Å². The van der Waals surface area contributed by atoms with Gasteiger partial charge in [-0.1, -0.05) is 0 Å². The summed E-state index contributed by atoms with van der Waals surface area (Å²) in [6.07, 6.45) is 8.20. The average molecular weight is 377 g/mol. The van der Waals surface area contributed by atoms with E-state index in [4.69, 9.17) is 0 Å². The number of aryl methyl sites for hydroxylation is 1. The van der Waals surface area contributed by atoms with E-state index in [0.29, 0.717) is 36.8 Å². The zero-order valence-electron chi connectivity index (χ0n) is 15.4. The van der Waals surface area contributed by atoms with E-state index in [1.165, 1.54) is 0 Å². The van der Waals surface area contributed by atoms with Crippen molar-refractivity contribution in [2.75, 3.05) is 13.1 Å². The molecule has 1 saturated heterocycles. The lowest BCUT2D eigenvalue weighted by molar-refractivity contribution is 0.0783. The summed E-state index contributed by atoms with van der Waals surface area (Å²) < 4.78 is 3.46. The molecule has 1 amide bonds. The fourth-order valence-electron chi connectivity index (χ4n) is 4.30. The Morgan fingerprint density at radius 2 is 1.89 bits per heavy atom. The Morgan fingerprint density at radius 3 is 2.64 bits per heavy atom. The number of hydrogen-bond acceptors (Lipinski definition) is 6. The molecule has 0 aromatic carbocycles. The van der Waals surface area contributed by atoms with Crippen molar-refractivity contribution < 1.29 is 4.79 Å². The summed E-state index contributed by atoms with van der Waals surface area (Å²) >= 11 is 0. The van der Waals surface area contributed by atoms with Gasteiger partial charge in [-0.05, 0) is 25.0 Å². The third-order valence-corrected chi connectivity index (χ3v) is 5.84. The van der Waals surface area contributed by atoms with Gasteiger partial charge in [-0.3, -0.25) is 19.1 Å². The van der Waals surface area contributed by atoms with Gasteiger partial charge >= 0.3 is 0 Å². The lowest BCUT2D eigenvalue weighted by Crippen LogP contribution is -2.35. The molecule has 28 heavy (non-hydrogen) atoms. The number of pyridine rings is 1. The monoisotopic (exact) mass is 377 g/mol. The molecule has 142 valence electrons. The molecule has 5 rings (SSSR count). The van der Waals surface area contributed by atoms with E-state index in [2.05, 4.69) is 20.2 Å².